The standard InChI is InChI=1S/C26H34N6O10S/c1-4-6-18-15-29(3)23-22(18)27-24(28-25(23)33)20-14-19(7-8-21(20)40-13-5-2)43(38,39)30-11-9-26(10-12-30,16-41-31(34)35)17-42-32(36)37/h7-8,14-15H,4-6,9-13,16-17H2,1-3H3,(H-,27,28,33,34,35)/p+1. The van der Waals surface area contributed by atoms with E-state index >= 15 is 0 Å². The molecule has 234 valence electrons. The summed E-state index contributed by atoms with van der Waals surface area (Å²) in [6.07, 6.45) is 4.22. The van der Waals surface area contributed by atoms with Crippen molar-refractivity contribution >= 4 is 21.1 Å². The van der Waals surface area contributed by atoms with Gasteiger partial charge in [0.1, 0.15) is 28.6 Å². The van der Waals surface area contributed by atoms with E-state index in [4.69, 9.17) is 14.9 Å². The predicted octanol–water partition coefficient (Wildman–Crippen LogP) is 2.75. The SMILES string of the molecule is CCCOc1ccc(S(=O)(=O)N2CCC(CO[N+](=O)[O-])(CO[N+](=O)O)CC2)cc1-c1nc2c(CCC)cn(C)c2c(=O)[nH]1. The number of nitrogens with zero attached hydrogens (tertiary/aromatic N) is 5. The van der Waals surface area contributed by atoms with Crippen LogP contribution in [-0.2, 0) is 33.2 Å². The van der Waals surface area contributed by atoms with E-state index in [0.29, 0.717) is 41.8 Å². The minimum atomic E-state index is -4.09. The fraction of sp³-hybridized carbons (Fsp3) is 0.538. The summed E-state index contributed by atoms with van der Waals surface area (Å²) < 4.78 is 36.4. The fourth-order valence-electron chi connectivity index (χ4n) is 5.21. The molecule has 16 nitrogen and oxygen atoms in total. The Hall–Kier alpha value is -4.25. The molecule has 2 N–H and O–H groups in total. The predicted molar refractivity (Wildman–Crippen MR) is 151 cm³/mol. The summed E-state index contributed by atoms with van der Waals surface area (Å²) in [7, 11) is -2.32. The zero-order valence-electron chi connectivity index (χ0n) is 24.1. The molecule has 0 spiro atoms. The summed E-state index contributed by atoms with van der Waals surface area (Å²) in [5.74, 6) is 0.524. The van der Waals surface area contributed by atoms with Crippen molar-refractivity contribution in [3.8, 4) is 17.1 Å². The van der Waals surface area contributed by atoms with Crippen molar-refractivity contribution in [2.24, 2.45) is 12.5 Å². The number of hydrogen-bond donors (Lipinski definition) is 2. The van der Waals surface area contributed by atoms with Crippen molar-refractivity contribution in [3.63, 3.8) is 0 Å². The van der Waals surface area contributed by atoms with Crippen LogP contribution in [-0.4, -0.2) is 75.5 Å². The number of piperidine rings is 1. The summed E-state index contributed by atoms with van der Waals surface area (Å²) >= 11 is 0. The molecular weight excluding hydrogens is 588 g/mol. The first kappa shape index (κ1) is 31.7. The largest absolute Gasteiger partial charge is 0.493 e. The molecule has 3 aromatic rings. The number of ether oxygens (including phenoxy) is 1. The Morgan fingerprint density at radius 3 is 2.47 bits per heavy atom. The van der Waals surface area contributed by atoms with Gasteiger partial charge in [0, 0.05) is 31.7 Å². The normalized spacial score (nSPS) is 15.3. The van der Waals surface area contributed by atoms with Gasteiger partial charge in [-0.15, -0.1) is 10.1 Å². The number of hydrogen-bond acceptors (Lipinski definition) is 10. The van der Waals surface area contributed by atoms with E-state index < -0.39 is 38.8 Å². The van der Waals surface area contributed by atoms with Crippen LogP contribution in [0.4, 0.5) is 0 Å². The van der Waals surface area contributed by atoms with Crippen LogP contribution >= 0.6 is 0 Å². The second kappa shape index (κ2) is 12.9. The van der Waals surface area contributed by atoms with E-state index in [2.05, 4.69) is 14.7 Å². The maximum absolute atomic E-state index is 13.8. The minimum Gasteiger partial charge on any atom is -0.493 e. The lowest BCUT2D eigenvalue weighted by molar-refractivity contribution is -0.977. The van der Waals surface area contributed by atoms with Gasteiger partial charge in [-0.1, -0.05) is 20.3 Å². The van der Waals surface area contributed by atoms with Gasteiger partial charge in [-0.2, -0.15) is 9.14 Å². The maximum Gasteiger partial charge on any atom is 0.475 e. The molecule has 1 aliphatic heterocycles. The van der Waals surface area contributed by atoms with E-state index in [1.807, 2.05) is 20.0 Å². The zero-order valence-corrected chi connectivity index (χ0v) is 25.0. The molecule has 0 amide bonds. The van der Waals surface area contributed by atoms with Crippen LogP contribution in [0.3, 0.4) is 0 Å². The molecule has 3 heterocycles. The Morgan fingerprint density at radius 2 is 1.84 bits per heavy atom. The Labute approximate surface area is 246 Å². The van der Waals surface area contributed by atoms with E-state index in [1.54, 1.807) is 11.6 Å². The molecule has 1 aromatic carbocycles. The highest BCUT2D eigenvalue weighted by Crippen LogP contribution is 2.37. The molecule has 43 heavy (non-hydrogen) atoms. The van der Waals surface area contributed by atoms with Crippen molar-refractivity contribution in [2.45, 2.75) is 50.8 Å². The highest BCUT2D eigenvalue weighted by molar-refractivity contribution is 7.89. The minimum absolute atomic E-state index is 0.0538. The molecule has 0 radical (unpaired) electrons. The molecule has 1 aliphatic rings. The van der Waals surface area contributed by atoms with Crippen molar-refractivity contribution in [1.82, 2.24) is 18.8 Å². The molecule has 1 fully saturated rings. The topological polar surface area (TPSA) is 199 Å². The maximum atomic E-state index is 13.8. The highest BCUT2D eigenvalue weighted by Gasteiger charge is 2.42. The van der Waals surface area contributed by atoms with Crippen LogP contribution in [0.2, 0.25) is 0 Å². The Morgan fingerprint density at radius 1 is 1.14 bits per heavy atom. The van der Waals surface area contributed by atoms with Crippen LogP contribution in [0.25, 0.3) is 22.4 Å². The second-order valence-electron chi connectivity index (χ2n) is 10.5. The second-order valence-corrected chi connectivity index (χ2v) is 12.5. The molecule has 0 bridgehead atoms. The molecular formula is C26H35N6O10S+. The average molecular weight is 624 g/mol. The van der Waals surface area contributed by atoms with Gasteiger partial charge in [0.25, 0.3) is 10.6 Å². The summed E-state index contributed by atoms with van der Waals surface area (Å²) in [5, 5.41) is 17.9. The van der Waals surface area contributed by atoms with Crippen LogP contribution in [0, 0.1) is 20.4 Å². The van der Waals surface area contributed by atoms with Crippen LogP contribution in [0.5, 0.6) is 5.75 Å². The number of nitrogens with one attached hydrogen (secondary N) is 1. The smallest absolute Gasteiger partial charge is 0.475 e. The number of aromatic amines is 1. The molecule has 0 atom stereocenters. The van der Waals surface area contributed by atoms with Crippen molar-refractivity contribution in [2.75, 3.05) is 32.9 Å². The van der Waals surface area contributed by atoms with Gasteiger partial charge in [0.2, 0.25) is 10.0 Å². The van der Waals surface area contributed by atoms with Crippen LogP contribution in [0.15, 0.2) is 34.1 Å². The molecule has 0 saturated carbocycles. The number of H-pyrrole nitrogens is 1. The summed E-state index contributed by atoms with van der Waals surface area (Å²) in [5.41, 5.74) is 0.690. The van der Waals surface area contributed by atoms with Crippen molar-refractivity contribution in [3.05, 3.63) is 55.3 Å². The summed E-state index contributed by atoms with van der Waals surface area (Å²) in [6, 6.07) is 4.35. The van der Waals surface area contributed by atoms with E-state index in [0.717, 1.165) is 12.0 Å². The zero-order chi connectivity index (χ0) is 31.4. The number of aromatic nitrogens is 3. The van der Waals surface area contributed by atoms with E-state index in [9.17, 15) is 28.2 Å². The van der Waals surface area contributed by atoms with Gasteiger partial charge >= 0.3 is 5.09 Å². The molecule has 0 aliphatic carbocycles. The van der Waals surface area contributed by atoms with Crippen LogP contribution < -0.4 is 10.3 Å². The Bertz CT molecular complexity index is 1640. The van der Waals surface area contributed by atoms with Gasteiger partial charge in [0.15, 0.2) is 6.61 Å². The monoisotopic (exact) mass is 623 g/mol. The molecule has 0 unspecified atom stereocenters. The lowest BCUT2D eigenvalue weighted by atomic mass is 9.80. The third kappa shape index (κ3) is 6.88. The Balaban J connectivity index is 1.70. The molecule has 4 rings (SSSR count). The van der Waals surface area contributed by atoms with E-state index in [-0.39, 0.29) is 42.2 Å². The molecule has 17 heteroatoms. The highest BCUT2D eigenvalue weighted by atomic mass is 32.2. The van der Waals surface area contributed by atoms with Gasteiger partial charge < -0.3 is 19.1 Å². The quantitative estimate of drug-likeness (QED) is 0.198. The van der Waals surface area contributed by atoms with Crippen molar-refractivity contribution < 1.29 is 38.2 Å². The Kier molecular flexibility index (Phi) is 9.54. The first-order valence-corrected chi connectivity index (χ1v) is 15.3. The number of fused-ring (bicyclic) bond motifs is 1. The van der Waals surface area contributed by atoms with Gasteiger partial charge in [-0.3, -0.25) is 4.79 Å². The van der Waals surface area contributed by atoms with Crippen LogP contribution in [0.1, 0.15) is 45.1 Å². The van der Waals surface area contributed by atoms with Crippen molar-refractivity contribution in [1.29, 1.82) is 0 Å². The number of sulfonamides is 1. The number of rotatable bonds is 14. The number of benzene rings is 1. The molecule has 2 aromatic heterocycles. The fourth-order valence-corrected chi connectivity index (χ4v) is 6.68. The average Bonchev–Trinajstić information content (AvgIpc) is 3.29. The van der Waals surface area contributed by atoms with Gasteiger partial charge in [-0.05, 0) is 49.4 Å². The lowest BCUT2D eigenvalue weighted by Gasteiger charge is -2.38. The van der Waals surface area contributed by atoms with E-state index in [1.165, 1.54) is 22.5 Å². The summed E-state index contributed by atoms with van der Waals surface area (Å²) in [6.45, 7) is 3.32. The van der Waals surface area contributed by atoms with Gasteiger partial charge in [0.05, 0.1) is 22.6 Å². The van der Waals surface area contributed by atoms with Gasteiger partial charge in [-0.25, -0.2) is 18.6 Å². The third-order valence-corrected chi connectivity index (χ3v) is 9.36. The first-order valence-electron chi connectivity index (χ1n) is 13.8. The number of aryl methyl sites for hydroxylation is 2. The lowest BCUT2D eigenvalue weighted by Crippen LogP contribution is -2.47. The first-order chi connectivity index (χ1) is 20.4. The molecule has 1 saturated heterocycles. The third-order valence-electron chi connectivity index (χ3n) is 7.47. The summed E-state index contributed by atoms with van der Waals surface area (Å²) in [4.78, 5) is 51.4.